The lowest BCUT2D eigenvalue weighted by Crippen LogP contribution is -2.22. The number of carbonyl (C=O) groups is 2. The van der Waals surface area contributed by atoms with Gasteiger partial charge in [-0.05, 0) is 36.4 Å². The van der Waals surface area contributed by atoms with Gasteiger partial charge in [-0.15, -0.1) is 0 Å². The van der Waals surface area contributed by atoms with E-state index in [4.69, 9.17) is 9.47 Å². The van der Waals surface area contributed by atoms with Crippen LogP contribution in [0.3, 0.4) is 0 Å². The summed E-state index contributed by atoms with van der Waals surface area (Å²) in [6, 6.07) is 12.4. The maximum atomic E-state index is 12.2. The zero-order valence-corrected chi connectivity index (χ0v) is 16.0. The maximum Gasteiger partial charge on any atom is 0.243 e. The number of carbonyl (C=O) groups excluding carboxylic acids is 2. The minimum Gasteiger partial charge on any atom is -0.497 e. The lowest BCUT2D eigenvalue weighted by atomic mass is 10.2. The van der Waals surface area contributed by atoms with Gasteiger partial charge in [-0.25, -0.2) is 0 Å². The third-order valence-corrected chi connectivity index (χ3v) is 3.81. The number of anilines is 3. The van der Waals surface area contributed by atoms with Crippen LogP contribution in [-0.2, 0) is 9.59 Å². The quantitative estimate of drug-likeness (QED) is 0.662. The van der Waals surface area contributed by atoms with Crippen molar-refractivity contribution in [1.29, 1.82) is 0 Å². The van der Waals surface area contributed by atoms with Crippen molar-refractivity contribution in [3.8, 4) is 11.5 Å². The Bertz CT molecular complexity index is 788. The highest BCUT2D eigenvalue weighted by molar-refractivity contribution is 5.95. The monoisotopic (exact) mass is 371 g/mol. The van der Waals surface area contributed by atoms with Crippen LogP contribution in [0.5, 0.6) is 11.5 Å². The van der Waals surface area contributed by atoms with Gasteiger partial charge < -0.3 is 25.4 Å². The fourth-order valence-electron chi connectivity index (χ4n) is 2.25. The SMILES string of the molecule is COc1ccc(OC)c(NC(=O)CNc2ccc(NC(=O)C(C)C)cc2)c1. The van der Waals surface area contributed by atoms with Crippen LogP contribution in [0.15, 0.2) is 42.5 Å². The van der Waals surface area contributed by atoms with Gasteiger partial charge in [-0.1, -0.05) is 13.8 Å². The van der Waals surface area contributed by atoms with E-state index in [1.807, 2.05) is 13.8 Å². The summed E-state index contributed by atoms with van der Waals surface area (Å²) >= 11 is 0. The molecule has 0 aliphatic carbocycles. The number of rotatable bonds is 8. The number of ether oxygens (including phenoxy) is 2. The molecule has 0 bridgehead atoms. The van der Waals surface area contributed by atoms with E-state index in [1.54, 1.807) is 49.6 Å². The molecule has 2 aromatic carbocycles. The van der Waals surface area contributed by atoms with E-state index in [0.717, 1.165) is 5.69 Å². The van der Waals surface area contributed by atoms with Crippen LogP contribution in [0, 0.1) is 5.92 Å². The number of nitrogens with one attached hydrogen (secondary N) is 3. The molecule has 0 fully saturated rings. The molecule has 0 unspecified atom stereocenters. The van der Waals surface area contributed by atoms with Gasteiger partial charge in [0.15, 0.2) is 0 Å². The molecule has 0 spiro atoms. The zero-order chi connectivity index (χ0) is 19.8. The van der Waals surface area contributed by atoms with E-state index >= 15 is 0 Å². The molecule has 0 aliphatic heterocycles. The summed E-state index contributed by atoms with van der Waals surface area (Å²) in [5, 5.41) is 8.65. The maximum absolute atomic E-state index is 12.2. The first-order valence-corrected chi connectivity index (χ1v) is 8.59. The molecule has 27 heavy (non-hydrogen) atoms. The Hall–Kier alpha value is -3.22. The molecule has 2 rings (SSSR count). The van der Waals surface area contributed by atoms with Crippen molar-refractivity contribution >= 4 is 28.9 Å². The first kappa shape index (κ1) is 20.1. The molecule has 0 aromatic heterocycles. The Balaban J connectivity index is 1.91. The Morgan fingerprint density at radius 2 is 1.59 bits per heavy atom. The Kier molecular flexibility index (Phi) is 7.05. The second-order valence-corrected chi connectivity index (χ2v) is 6.19. The normalized spacial score (nSPS) is 10.3. The number of amides is 2. The topological polar surface area (TPSA) is 88.7 Å². The number of benzene rings is 2. The van der Waals surface area contributed by atoms with Crippen LogP contribution in [-0.4, -0.2) is 32.6 Å². The lowest BCUT2D eigenvalue weighted by molar-refractivity contribution is -0.119. The third kappa shape index (κ3) is 5.91. The molecule has 3 N–H and O–H groups in total. The van der Waals surface area contributed by atoms with Crippen molar-refractivity contribution in [2.24, 2.45) is 5.92 Å². The fourth-order valence-corrected chi connectivity index (χ4v) is 2.25. The molecule has 0 atom stereocenters. The zero-order valence-electron chi connectivity index (χ0n) is 16.0. The van der Waals surface area contributed by atoms with E-state index in [9.17, 15) is 9.59 Å². The molecule has 2 aromatic rings. The molecule has 144 valence electrons. The standard InChI is InChI=1S/C20H25N3O4/c1-13(2)20(25)22-15-7-5-14(6-8-15)21-12-19(24)23-17-11-16(26-3)9-10-18(17)27-4/h5-11,13,21H,12H2,1-4H3,(H,22,25)(H,23,24). The van der Waals surface area contributed by atoms with Crippen LogP contribution >= 0.6 is 0 Å². The van der Waals surface area contributed by atoms with Gasteiger partial charge in [0, 0.05) is 23.4 Å². The van der Waals surface area contributed by atoms with Crippen molar-refractivity contribution in [2.45, 2.75) is 13.8 Å². The fraction of sp³-hybridized carbons (Fsp3) is 0.300. The van der Waals surface area contributed by atoms with Crippen molar-refractivity contribution in [2.75, 3.05) is 36.7 Å². The molecule has 0 radical (unpaired) electrons. The second-order valence-electron chi connectivity index (χ2n) is 6.19. The van der Waals surface area contributed by atoms with Crippen molar-refractivity contribution < 1.29 is 19.1 Å². The summed E-state index contributed by atoms with van der Waals surface area (Å²) in [6.45, 7) is 3.75. The molecule has 0 aliphatic rings. The van der Waals surface area contributed by atoms with Crippen LogP contribution in [0.4, 0.5) is 17.1 Å². The Morgan fingerprint density at radius 1 is 0.926 bits per heavy atom. The van der Waals surface area contributed by atoms with Gasteiger partial charge in [-0.2, -0.15) is 0 Å². The first-order chi connectivity index (χ1) is 12.9. The van der Waals surface area contributed by atoms with Crippen molar-refractivity contribution in [1.82, 2.24) is 0 Å². The van der Waals surface area contributed by atoms with E-state index < -0.39 is 0 Å². The van der Waals surface area contributed by atoms with E-state index in [0.29, 0.717) is 22.9 Å². The minimum atomic E-state index is -0.223. The van der Waals surface area contributed by atoms with Crippen LogP contribution in [0.25, 0.3) is 0 Å². The van der Waals surface area contributed by atoms with Crippen LogP contribution in [0.2, 0.25) is 0 Å². The van der Waals surface area contributed by atoms with Gasteiger partial charge in [0.05, 0.1) is 26.5 Å². The summed E-state index contributed by atoms with van der Waals surface area (Å²) in [7, 11) is 3.09. The molecule has 0 heterocycles. The molecule has 2 amide bonds. The molecule has 7 heteroatoms. The van der Waals surface area contributed by atoms with Crippen LogP contribution in [0.1, 0.15) is 13.8 Å². The smallest absolute Gasteiger partial charge is 0.243 e. The van der Waals surface area contributed by atoms with Crippen molar-refractivity contribution in [3.05, 3.63) is 42.5 Å². The molecule has 0 saturated heterocycles. The van der Waals surface area contributed by atoms with E-state index in [1.165, 1.54) is 7.11 Å². The molecule has 0 saturated carbocycles. The summed E-state index contributed by atoms with van der Waals surface area (Å²) in [5.74, 6) is 0.827. The predicted molar refractivity (Wildman–Crippen MR) is 107 cm³/mol. The van der Waals surface area contributed by atoms with E-state index in [2.05, 4.69) is 16.0 Å². The van der Waals surface area contributed by atoms with Gasteiger partial charge in [0.25, 0.3) is 0 Å². The molecule has 7 nitrogen and oxygen atoms in total. The summed E-state index contributed by atoms with van der Waals surface area (Å²) in [6.07, 6.45) is 0. The highest BCUT2D eigenvalue weighted by atomic mass is 16.5. The van der Waals surface area contributed by atoms with Gasteiger partial charge in [0.1, 0.15) is 11.5 Å². The van der Waals surface area contributed by atoms with Gasteiger partial charge >= 0.3 is 0 Å². The number of methoxy groups -OCH3 is 2. The second kappa shape index (κ2) is 9.47. The first-order valence-electron chi connectivity index (χ1n) is 8.59. The van der Waals surface area contributed by atoms with E-state index in [-0.39, 0.29) is 24.3 Å². The molecular formula is C20H25N3O4. The lowest BCUT2D eigenvalue weighted by Gasteiger charge is -2.13. The summed E-state index contributed by atoms with van der Waals surface area (Å²) < 4.78 is 10.4. The largest absolute Gasteiger partial charge is 0.497 e. The van der Waals surface area contributed by atoms with Gasteiger partial charge in [-0.3, -0.25) is 9.59 Å². The Labute approximate surface area is 159 Å². The highest BCUT2D eigenvalue weighted by Gasteiger charge is 2.10. The minimum absolute atomic E-state index is 0.0395. The predicted octanol–water partition coefficient (Wildman–Crippen LogP) is 3.35. The average molecular weight is 371 g/mol. The third-order valence-electron chi connectivity index (χ3n) is 3.81. The highest BCUT2D eigenvalue weighted by Crippen LogP contribution is 2.28. The van der Waals surface area contributed by atoms with Crippen molar-refractivity contribution in [3.63, 3.8) is 0 Å². The Morgan fingerprint density at radius 3 is 2.19 bits per heavy atom. The number of hydrogen-bond donors (Lipinski definition) is 3. The van der Waals surface area contributed by atoms with Gasteiger partial charge in [0.2, 0.25) is 11.8 Å². The van der Waals surface area contributed by atoms with Crippen LogP contribution < -0.4 is 25.4 Å². The number of hydrogen-bond acceptors (Lipinski definition) is 5. The summed E-state index contributed by atoms with van der Waals surface area (Å²) in [4.78, 5) is 23.9. The average Bonchev–Trinajstić information content (AvgIpc) is 2.67. The molecular weight excluding hydrogens is 346 g/mol. The summed E-state index contributed by atoms with van der Waals surface area (Å²) in [5.41, 5.74) is 2.02.